The first-order chi connectivity index (χ1) is 5.67. The van der Waals surface area contributed by atoms with Gasteiger partial charge in [0.2, 0.25) is 0 Å². The Hall–Kier alpha value is -1.92. The van der Waals surface area contributed by atoms with E-state index < -0.39 is 17.3 Å². The minimum atomic E-state index is -1.19. The number of nitriles is 1. The van der Waals surface area contributed by atoms with Crippen LogP contribution in [0.2, 0.25) is 0 Å². The van der Waals surface area contributed by atoms with Gasteiger partial charge >= 0.3 is 5.97 Å². The first-order valence-corrected chi connectivity index (χ1v) is 3.06. The molecule has 0 atom stereocenters. The predicted octanol–water partition coefficient (Wildman–Crippen LogP) is -0.192. The fourth-order valence-electron chi connectivity index (χ4n) is 0.425. The summed E-state index contributed by atoms with van der Waals surface area (Å²) < 4.78 is 4.28. The van der Waals surface area contributed by atoms with Crippen molar-refractivity contribution >= 4 is 17.6 Å². The van der Waals surface area contributed by atoms with Gasteiger partial charge in [-0.1, -0.05) is 0 Å². The maximum Gasteiger partial charge on any atom is 0.381 e. The summed E-state index contributed by atoms with van der Waals surface area (Å²) in [6.07, 6.45) is 0. The monoisotopic (exact) mass is 165 g/mol. The van der Waals surface area contributed by atoms with E-state index >= 15 is 0 Å². The van der Waals surface area contributed by atoms with Crippen molar-refractivity contribution in [2.75, 3.05) is 6.61 Å². The molecule has 5 heteroatoms. The molecule has 0 aromatic heterocycles. The van der Waals surface area contributed by atoms with Gasteiger partial charge in [-0.15, -0.1) is 0 Å². The van der Waals surface area contributed by atoms with Crippen molar-refractivity contribution in [3.63, 3.8) is 0 Å². The SMILES string of the molecule is CCOC(=O)C(=O)C(=C=[N-])C#N. The van der Waals surface area contributed by atoms with E-state index in [0.717, 1.165) is 0 Å². The van der Waals surface area contributed by atoms with Crippen LogP contribution >= 0.6 is 0 Å². The van der Waals surface area contributed by atoms with Crippen LogP contribution in [0.25, 0.3) is 5.41 Å². The summed E-state index contributed by atoms with van der Waals surface area (Å²) in [7, 11) is 0. The van der Waals surface area contributed by atoms with Crippen LogP contribution in [0.15, 0.2) is 5.57 Å². The third kappa shape index (κ3) is 2.37. The molecule has 0 bridgehead atoms. The van der Waals surface area contributed by atoms with E-state index in [9.17, 15) is 9.59 Å². The molecule has 0 radical (unpaired) electrons. The maximum atomic E-state index is 10.7. The quantitative estimate of drug-likeness (QED) is 0.190. The van der Waals surface area contributed by atoms with Crippen LogP contribution in [-0.2, 0) is 14.3 Å². The van der Waals surface area contributed by atoms with Gasteiger partial charge in [-0.2, -0.15) is 5.26 Å². The number of carbonyl (C=O) groups is 2. The lowest BCUT2D eigenvalue weighted by atomic mass is 10.2. The molecule has 0 fully saturated rings. The van der Waals surface area contributed by atoms with Crippen molar-refractivity contribution in [1.29, 1.82) is 5.26 Å². The number of Topliss-reactive ketones (excluding diaryl/α,β-unsaturated/α-hetero) is 1. The molecule has 0 heterocycles. The number of ketones is 1. The molecular weight excluding hydrogens is 160 g/mol. The minimum absolute atomic E-state index is 0.0364. The van der Waals surface area contributed by atoms with Crippen LogP contribution < -0.4 is 0 Å². The molecule has 0 saturated carbocycles. The molecule has 0 unspecified atom stereocenters. The number of nitrogens with zero attached hydrogens (tertiary/aromatic N) is 2. The summed E-state index contributed by atoms with van der Waals surface area (Å²) in [4.78, 5) is 21.3. The van der Waals surface area contributed by atoms with Crippen LogP contribution in [0.3, 0.4) is 0 Å². The number of esters is 1. The normalized spacial score (nSPS) is 7.67. The Labute approximate surface area is 68.8 Å². The Morgan fingerprint density at radius 1 is 1.58 bits per heavy atom. The Morgan fingerprint density at radius 3 is 2.50 bits per heavy atom. The number of hydrogen-bond donors (Lipinski definition) is 0. The van der Waals surface area contributed by atoms with Crippen molar-refractivity contribution in [1.82, 2.24) is 0 Å². The minimum Gasteiger partial charge on any atom is -0.762 e. The van der Waals surface area contributed by atoms with Crippen LogP contribution in [0.5, 0.6) is 0 Å². The highest BCUT2D eigenvalue weighted by Crippen LogP contribution is 1.91. The average molecular weight is 165 g/mol. The molecule has 0 aliphatic rings. The number of carbonyl (C=O) groups excluding carboxylic acids is 2. The molecular formula is C7H5N2O3-. The number of ether oxygens (including phenoxy) is 1. The van der Waals surface area contributed by atoms with Gasteiger partial charge in [0.05, 0.1) is 6.61 Å². The topological polar surface area (TPSA) is 89.5 Å². The summed E-state index contributed by atoms with van der Waals surface area (Å²) in [6.45, 7) is 1.55. The van der Waals surface area contributed by atoms with E-state index in [0.29, 0.717) is 0 Å². The highest BCUT2D eigenvalue weighted by Gasteiger charge is 2.18. The summed E-state index contributed by atoms with van der Waals surface area (Å²) in [5.41, 5.74) is -0.756. The summed E-state index contributed by atoms with van der Waals surface area (Å²) >= 11 is 0. The molecule has 0 aliphatic carbocycles. The number of hydrogen-bond acceptors (Lipinski definition) is 4. The fraction of sp³-hybridized carbons (Fsp3) is 0.286. The molecule has 0 saturated heterocycles. The van der Waals surface area contributed by atoms with E-state index in [1.165, 1.54) is 18.9 Å². The highest BCUT2D eigenvalue weighted by atomic mass is 16.5. The van der Waals surface area contributed by atoms with Gasteiger partial charge in [0.25, 0.3) is 5.78 Å². The van der Waals surface area contributed by atoms with Gasteiger partial charge in [0, 0.05) is 0 Å². The first kappa shape index (κ1) is 10.1. The van der Waals surface area contributed by atoms with Gasteiger partial charge in [0.15, 0.2) is 0 Å². The van der Waals surface area contributed by atoms with Crippen LogP contribution in [0.1, 0.15) is 6.92 Å². The molecule has 0 aromatic carbocycles. The fourth-order valence-corrected chi connectivity index (χ4v) is 0.425. The molecule has 0 amide bonds. The maximum absolute atomic E-state index is 10.7. The largest absolute Gasteiger partial charge is 0.762 e. The van der Waals surface area contributed by atoms with Crippen LogP contribution in [0, 0.1) is 11.3 Å². The Balaban J connectivity index is 4.52. The van der Waals surface area contributed by atoms with Gasteiger partial charge in [-0.25, -0.2) is 10.7 Å². The van der Waals surface area contributed by atoms with E-state index in [2.05, 4.69) is 4.74 Å². The summed E-state index contributed by atoms with van der Waals surface area (Å²) in [5, 5.41) is 16.4. The zero-order valence-corrected chi connectivity index (χ0v) is 6.33. The van der Waals surface area contributed by atoms with Crippen molar-refractivity contribution in [2.45, 2.75) is 6.92 Å². The summed E-state index contributed by atoms with van der Waals surface area (Å²) in [6, 6.07) is 1.30. The van der Waals surface area contributed by atoms with Crippen molar-refractivity contribution < 1.29 is 14.3 Å². The third-order valence-corrected chi connectivity index (χ3v) is 0.911. The molecule has 0 rings (SSSR count). The second-order valence-electron chi connectivity index (χ2n) is 1.65. The molecule has 0 N–H and O–H groups in total. The molecule has 5 nitrogen and oxygen atoms in total. The lowest BCUT2D eigenvalue weighted by Gasteiger charge is -1.97. The standard InChI is InChI=1S/C7H5N2O3/c1-2-12-7(11)6(10)5(3-8)4-9/h2H2,1H3/q-1. The van der Waals surface area contributed by atoms with Crippen molar-refractivity contribution in [3.8, 4) is 6.07 Å². The van der Waals surface area contributed by atoms with Crippen molar-refractivity contribution in [3.05, 3.63) is 11.0 Å². The lowest BCUT2D eigenvalue weighted by Crippen LogP contribution is -2.18. The second-order valence-corrected chi connectivity index (χ2v) is 1.65. The van der Waals surface area contributed by atoms with Crippen LogP contribution in [-0.4, -0.2) is 24.2 Å². The highest BCUT2D eigenvalue weighted by molar-refractivity contribution is 6.43. The second kappa shape index (κ2) is 4.83. The van der Waals surface area contributed by atoms with Crippen LogP contribution in [0.4, 0.5) is 0 Å². The molecule has 0 spiro atoms. The zero-order chi connectivity index (χ0) is 9.56. The Morgan fingerprint density at radius 2 is 2.17 bits per heavy atom. The average Bonchev–Trinajstić information content (AvgIpc) is 2.07. The third-order valence-electron chi connectivity index (χ3n) is 0.911. The van der Waals surface area contributed by atoms with E-state index in [1.54, 1.807) is 0 Å². The Kier molecular flexibility index (Phi) is 4.06. The van der Waals surface area contributed by atoms with E-state index in [4.69, 9.17) is 10.7 Å². The van der Waals surface area contributed by atoms with Gasteiger partial charge in [-0.3, -0.25) is 4.79 Å². The van der Waals surface area contributed by atoms with E-state index in [-0.39, 0.29) is 6.61 Å². The smallest absolute Gasteiger partial charge is 0.381 e. The Bertz CT molecular complexity index is 294. The predicted molar refractivity (Wildman–Crippen MR) is 39.1 cm³/mol. The molecule has 0 aromatic rings. The van der Waals surface area contributed by atoms with Gasteiger partial charge in [0.1, 0.15) is 11.6 Å². The molecule has 12 heavy (non-hydrogen) atoms. The zero-order valence-electron chi connectivity index (χ0n) is 6.33. The number of rotatable bonds is 3. The lowest BCUT2D eigenvalue weighted by molar-refractivity contribution is -0.151. The van der Waals surface area contributed by atoms with E-state index in [1.807, 2.05) is 0 Å². The first-order valence-electron chi connectivity index (χ1n) is 3.06. The van der Waals surface area contributed by atoms with Gasteiger partial charge in [-0.05, 0) is 6.92 Å². The summed E-state index contributed by atoms with van der Waals surface area (Å²) in [5.74, 6) is -1.07. The molecule has 0 aliphatic heterocycles. The van der Waals surface area contributed by atoms with Gasteiger partial charge < -0.3 is 10.1 Å². The van der Waals surface area contributed by atoms with Crippen molar-refractivity contribution in [2.24, 2.45) is 0 Å². The molecule has 62 valence electrons.